The van der Waals surface area contributed by atoms with Crippen LogP contribution >= 0.6 is 0 Å². The van der Waals surface area contributed by atoms with Gasteiger partial charge in [-0.2, -0.15) is 0 Å². The number of ketones is 1. The highest BCUT2D eigenvalue weighted by atomic mass is 16.4. The zero-order valence-corrected chi connectivity index (χ0v) is 7.93. The first-order valence-electron chi connectivity index (χ1n) is 3.90. The molecule has 0 rings (SSSR count). The fraction of sp³-hybridized carbons (Fsp3) is 0.500. The summed E-state index contributed by atoms with van der Waals surface area (Å²) >= 11 is 0. The number of carbonyl (C=O) groups excluding carboxylic acids is 1. The number of carboxylic acids is 1. The topological polar surface area (TPSA) is 183 Å². The summed E-state index contributed by atoms with van der Waals surface area (Å²) in [6.45, 7) is -0.349. The number of nitrogens with two attached hydrogens (primary N) is 4. The highest BCUT2D eigenvalue weighted by molar-refractivity contribution is 5.92. The van der Waals surface area contributed by atoms with E-state index in [1.54, 1.807) is 0 Å². The summed E-state index contributed by atoms with van der Waals surface area (Å²) in [5.41, 5.74) is 20.7. The number of carboxylic acid groups (broad SMARTS) is 1. The molecule has 0 bridgehead atoms. The van der Waals surface area contributed by atoms with Gasteiger partial charge in [-0.3, -0.25) is 15.0 Å². The Morgan fingerprint density at radius 1 is 1.33 bits per heavy atom. The van der Waals surface area contributed by atoms with E-state index >= 15 is 0 Å². The van der Waals surface area contributed by atoms with E-state index in [0.717, 1.165) is 0 Å². The van der Waals surface area contributed by atoms with Gasteiger partial charge in [0, 0.05) is 0 Å². The van der Waals surface area contributed by atoms with Crippen LogP contribution in [0.5, 0.6) is 0 Å². The van der Waals surface area contributed by atoms with Gasteiger partial charge in [0.25, 0.3) is 0 Å². The van der Waals surface area contributed by atoms with Crippen molar-refractivity contribution < 1.29 is 14.7 Å². The second kappa shape index (κ2) is 5.12. The van der Waals surface area contributed by atoms with Gasteiger partial charge in [-0.05, 0) is 0 Å². The van der Waals surface area contributed by atoms with Crippen LogP contribution in [0.3, 0.4) is 0 Å². The second-order valence-electron chi connectivity index (χ2n) is 2.91. The molecular weight excluding hydrogens is 204 g/mol. The Labute approximate surface area is 85.5 Å². The molecule has 0 aliphatic carbocycles. The molecule has 0 radical (unpaired) electrons. The predicted molar refractivity (Wildman–Crippen MR) is 52.2 cm³/mol. The van der Waals surface area contributed by atoms with Crippen LogP contribution in [0.2, 0.25) is 0 Å². The van der Waals surface area contributed by atoms with Crippen LogP contribution in [-0.2, 0) is 9.59 Å². The SMILES string of the molecule is NC(N)=NNCC(=O)C(N)(N)CC(=O)O. The standard InChI is InChI=1S/C6H14N6O3/c7-5(8)12-11-2-3(13)6(9,10)1-4(14)15/h11H,1-2,9-10H2,(H,14,15)(H4,7,8,12). The smallest absolute Gasteiger partial charge is 0.307 e. The molecule has 0 heterocycles. The number of hydrogen-bond donors (Lipinski definition) is 6. The minimum Gasteiger partial charge on any atom is -0.481 e. The number of aliphatic carboxylic acids is 1. The van der Waals surface area contributed by atoms with Crippen molar-refractivity contribution >= 4 is 17.7 Å². The minimum absolute atomic E-state index is 0.263. The number of nitrogens with one attached hydrogen (secondary N) is 1. The van der Waals surface area contributed by atoms with Crippen molar-refractivity contribution in [2.75, 3.05) is 6.54 Å². The van der Waals surface area contributed by atoms with Gasteiger partial charge >= 0.3 is 5.97 Å². The molecule has 0 atom stereocenters. The molecule has 10 N–H and O–H groups in total. The van der Waals surface area contributed by atoms with Gasteiger partial charge in [0.2, 0.25) is 5.96 Å². The summed E-state index contributed by atoms with van der Waals surface area (Å²) in [5, 5.41) is 11.7. The molecule has 9 nitrogen and oxygen atoms in total. The Morgan fingerprint density at radius 3 is 2.27 bits per heavy atom. The average Bonchev–Trinajstić information content (AvgIpc) is 2.00. The maximum absolute atomic E-state index is 11.3. The summed E-state index contributed by atoms with van der Waals surface area (Å²) in [6, 6.07) is 0. The summed E-state index contributed by atoms with van der Waals surface area (Å²) in [7, 11) is 0. The number of nitrogens with zero attached hydrogens (tertiary/aromatic N) is 1. The van der Waals surface area contributed by atoms with Crippen molar-refractivity contribution in [2.24, 2.45) is 28.0 Å². The molecule has 0 unspecified atom stereocenters. The van der Waals surface area contributed by atoms with Crippen LogP contribution in [0.15, 0.2) is 5.10 Å². The van der Waals surface area contributed by atoms with E-state index in [-0.39, 0.29) is 12.5 Å². The Kier molecular flexibility index (Phi) is 4.48. The first kappa shape index (κ1) is 13.1. The van der Waals surface area contributed by atoms with Crippen LogP contribution in [0.4, 0.5) is 0 Å². The monoisotopic (exact) mass is 218 g/mol. The summed E-state index contributed by atoms with van der Waals surface area (Å²) in [4.78, 5) is 21.6. The van der Waals surface area contributed by atoms with Crippen molar-refractivity contribution in [2.45, 2.75) is 12.1 Å². The molecular formula is C6H14N6O3. The van der Waals surface area contributed by atoms with E-state index in [0.29, 0.717) is 0 Å². The first-order chi connectivity index (χ1) is 6.75. The Bertz CT molecular complexity index is 283. The molecule has 0 saturated carbocycles. The molecule has 0 fully saturated rings. The molecule has 9 heteroatoms. The van der Waals surface area contributed by atoms with Gasteiger partial charge in [0.1, 0.15) is 5.66 Å². The lowest BCUT2D eigenvalue weighted by Crippen LogP contribution is -2.59. The van der Waals surface area contributed by atoms with Crippen molar-refractivity contribution in [3.63, 3.8) is 0 Å². The molecule has 0 aromatic heterocycles. The van der Waals surface area contributed by atoms with E-state index < -0.39 is 23.8 Å². The van der Waals surface area contributed by atoms with E-state index in [9.17, 15) is 9.59 Å². The molecule has 0 spiro atoms. The summed E-state index contributed by atoms with van der Waals surface area (Å²) in [6.07, 6.45) is -0.671. The molecule has 0 aliphatic heterocycles. The van der Waals surface area contributed by atoms with E-state index in [2.05, 4.69) is 10.5 Å². The third-order valence-corrected chi connectivity index (χ3v) is 1.41. The zero-order chi connectivity index (χ0) is 12.1. The third kappa shape index (κ3) is 5.44. The van der Waals surface area contributed by atoms with Gasteiger partial charge in [-0.15, -0.1) is 5.10 Å². The van der Waals surface area contributed by atoms with Gasteiger partial charge in [-0.25, -0.2) is 0 Å². The fourth-order valence-electron chi connectivity index (χ4n) is 0.716. The third-order valence-electron chi connectivity index (χ3n) is 1.41. The van der Waals surface area contributed by atoms with Crippen molar-refractivity contribution in [3.8, 4) is 0 Å². The van der Waals surface area contributed by atoms with Crippen LogP contribution in [-0.4, -0.2) is 35.0 Å². The lowest BCUT2D eigenvalue weighted by Gasteiger charge is -2.20. The van der Waals surface area contributed by atoms with Crippen LogP contribution < -0.4 is 28.4 Å². The van der Waals surface area contributed by atoms with Crippen LogP contribution in [0.25, 0.3) is 0 Å². The normalized spacial score (nSPS) is 10.5. The summed E-state index contributed by atoms with van der Waals surface area (Å²) < 4.78 is 0. The van der Waals surface area contributed by atoms with Gasteiger partial charge in [0.15, 0.2) is 5.78 Å². The maximum Gasteiger partial charge on any atom is 0.307 e. The van der Waals surface area contributed by atoms with Crippen LogP contribution in [0.1, 0.15) is 6.42 Å². The molecule has 0 aromatic rings. The number of hydrogen-bond acceptors (Lipinski definition) is 6. The van der Waals surface area contributed by atoms with E-state index in [4.69, 9.17) is 28.0 Å². The van der Waals surface area contributed by atoms with Crippen LogP contribution in [0, 0.1) is 0 Å². The van der Waals surface area contributed by atoms with Crippen molar-refractivity contribution in [1.29, 1.82) is 0 Å². The van der Waals surface area contributed by atoms with E-state index in [1.165, 1.54) is 0 Å². The first-order valence-corrected chi connectivity index (χ1v) is 3.90. The average molecular weight is 218 g/mol. The Balaban J connectivity index is 4.19. The Hall–Kier alpha value is -1.87. The predicted octanol–water partition coefficient (Wildman–Crippen LogP) is -3.58. The molecule has 15 heavy (non-hydrogen) atoms. The number of rotatable bonds is 6. The molecule has 0 aromatic carbocycles. The highest BCUT2D eigenvalue weighted by Gasteiger charge is 2.31. The molecule has 0 aliphatic rings. The zero-order valence-electron chi connectivity index (χ0n) is 7.93. The molecule has 0 saturated heterocycles. The highest BCUT2D eigenvalue weighted by Crippen LogP contribution is 1.99. The Morgan fingerprint density at radius 2 is 1.87 bits per heavy atom. The number of guanidine groups is 1. The second-order valence-corrected chi connectivity index (χ2v) is 2.91. The summed E-state index contributed by atoms with van der Waals surface area (Å²) in [5.74, 6) is -2.24. The maximum atomic E-state index is 11.3. The molecule has 0 amide bonds. The number of Topliss-reactive ketones (excluding diaryl/α,β-unsaturated/α-hetero) is 1. The minimum atomic E-state index is -1.93. The lowest BCUT2D eigenvalue weighted by atomic mass is 10.0. The van der Waals surface area contributed by atoms with E-state index in [1.807, 2.05) is 0 Å². The van der Waals surface area contributed by atoms with Crippen molar-refractivity contribution in [1.82, 2.24) is 5.43 Å². The lowest BCUT2D eigenvalue weighted by molar-refractivity contribution is -0.141. The fourth-order valence-corrected chi connectivity index (χ4v) is 0.716. The van der Waals surface area contributed by atoms with Gasteiger partial charge in [-0.1, -0.05) is 0 Å². The molecule has 86 valence electrons. The van der Waals surface area contributed by atoms with Gasteiger partial charge < -0.3 is 28.0 Å². The van der Waals surface area contributed by atoms with Crippen molar-refractivity contribution in [3.05, 3.63) is 0 Å². The number of hydrazone groups is 1. The largest absolute Gasteiger partial charge is 0.481 e. The van der Waals surface area contributed by atoms with Gasteiger partial charge in [0.05, 0.1) is 13.0 Å². The number of carbonyl (C=O) groups is 2. The quantitative estimate of drug-likeness (QED) is 0.114.